The van der Waals surface area contributed by atoms with Gasteiger partial charge in [0.15, 0.2) is 0 Å². The molecular formula is C17H22F3N3O. The van der Waals surface area contributed by atoms with Gasteiger partial charge in [0.1, 0.15) is 5.82 Å². The maximum absolute atomic E-state index is 13.1. The van der Waals surface area contributed by atoms with Crippen molar-refractivity contribution in [3.63, 3.8) is 0 Å². The van der Waals surface area contributed by atoms with Gasteiger partial charge in [0, 0.05) is 38.3 Å². The Morgan fingerprint density at radius 3 is 2.38 bits per heavy atom. The van der Waals surface area contributed by atoms with Gasteiger partial charge in [0.05, 0.1) is 5.56 Å². The first kappa shape index (κ1) is 17.0. The third-order valence-corrected chi connectivity index (χ3v) is 4.94. The number of nitrogens with zero attached hydrogens (tertiary/aromatic N) is 3. The number of rotatable bonds is 2. The lowest BCUT2D eigenvalue weighted by Gasteiger charge is -2.38. The molecule has 0 N–H and O–H groups in total. The highest BCUT2D eigenvalue weighted by Crippen LogP contribution is 2.35. The van der Waals surface area contributed by atoms with Crippen LogP contribution in [0.15, 0.2) is 18.3 Å². The molecule has 0 unspecified atom stereocenters. The highest BCUT2D eigenvalue weighted by atomic mass is 19.4. The summed E-state index contributed by atoms with van der Waals surface area (Å²) in [5, 5.41) is 0. The highest BCUT2D eigenvalue weighted by Gasteiger charge is 2.37. The smallest absolute Gasteiger partial charge is 0.353 e. The Morgan fingerprint density at radius 1 is 1.08 bits per heavy atom. The van der Waals surface area contributed by atoms with Crippen molar-refractivity contribution in [1.82, 2.24) is 9.88 Å². The quantitative estimate of drug-likeness (QED) is 0.828. The molecule has 132 valence electrons. The Kier molecular flexibility index (Phi) is 4.96. The fourth-order valence-electron chi connectivity index (χ4n) is 3.62. The first-order valence-electron chi connectivity index (χ1n) is 8.53. The predicted octanol–water partition coefficient (Wildman–Crippen LogP) is 3.33. The van der Waals surface area contributed by atoms with Crippen molar-refractivity contribution < 1.29 is 18.0 Å². The van der Waals surface area contributed by atoms with E-state index in [1.165, 1.54) is 18.7 Å². The largest absolute Gasteiger partial charge is 0.419 e. The van der Waals surface area contributed by atoms with E-state index in [1.54, 1.807) is 4.90 Å². The van der Waals surface area contributed by atoms with Crippen molar-refractivity contribution in [1.29, 1.82) is 0 Å². The van der Waals surface area contributed by atoms with Crippen molar-refractivity contribution in [2.24, 2.45) is 5.92 Å². The van der Waals surface area contributed by atoms with Gasteiger partial charge in [-0.3, -0.25) is 4.79 Å². The van der Waals surface area contributed by atoms with Crippen LogP contribution in [0.5, 0.6) is 0 Å². The molecule has 0 bridgehead atoms. The minimum atomic E-state index is -4.42. The molecule has 0 spiro atoms. The summed E-state index contributed by atoms with van der Waals surface area (Å²) in [4.78, 5) is 19.9. The van der Waals surface area contributed by atoms with Gasteiger partial charge in [-0.05, 0) is 25.0 Å². The number of anilines is 1. The lowest BCUT2D eigenvalue weighted by atomic mass is 9.88. The zero-order valence-corrected chi connectivity index (χ0v) is 13.6. The van der Waals surface area contributed by atoms with E-state index < -0.39 is 11.7 Å². The molecule has 2 aliphatic rings. The van der Waals surface area contributed by atoms with E-state index >= 15 is 0 Å². The molecule has 1 saturated carbocycles. The predicted molar refractivity (Wildman–Crippen MR) is 84.6 cm³/mol. The summed E-state index contributed by atoms with van der Waals surface area (Å²) in [5.41, 5.74) is -0.711. The molecule has 1 aromatic rings. The number of amides is 1. The van der Waals surface area contributed by atoms with Gasteiger partial charge in [-0.2, -0.15) is 13.2 Å². The average Bonchev–Trinajstić information content (AvgIpc) is 2.61. The second-order valence-corrected chi connectivity index (χ2v) is 6.52. The van der Waals surface area contributed by atoms with Crippen molar-refractivity contribution in [2.45, 2.75) is 38.3 Å². The maximum atomic E-state index is 13.1. The number of hydrogen-bond donors (Lipinski definition) is 0. The average molecular weight is 341 g/mol. The molecule has 1 aliphatic carbocycles. The van der Waals surface area contributed by atoms with Crippen molar-refractivity contribution in [3.05, 3.63) is 23.9 Å². The molecule has 2 fully saturated rings. The van der Waals surface area contributed by atoms with Gasteiger partial charge in [-0.1, -0.05) is 19.3 Å². The molecular weight excluding hydrogens is 319 g/mol. The number of alkyl halides is 3. The van der Waals surface area contributed by atoms with Crippen LogP contribution in [0.2, 0.25) is 0 Å². The second kappa shape index (κ2) is 6.99. The van der Waals surface area contributed by atoms with Gasteiger partial charge < -0.3 is 9.80 Å². The molecule has 0 radical (unpaired) electrons. The summed E-state index contributed by atoms with van der Waals surface area (Å²) in [7, 11) is 0. The van der Waals surface area contributed by atoms with Gasteiger partial charge in [0.25, 0.3) is 0 Å². The van der Waals surface area contributed by atoms with E-state index in [0.29, 0.717) is 26.2 Å². The van der Waals surface area contributed by atoms with Gasteiger partial charge in [0.2, 0.25) is 5.91 Å². The van der Waals surface area contributed by atoms with Crippen LogP contribution in [-0.4, -0.2) is 42.0 Å². The Bertz CT molecular complexity index is 577. The minimum Gasteiger partial charge on any atom is -0.353 e. The summed E-state index contributed by atoms with van der Waals surface area (Å²) in [6.45, 7) is 1.70. The van der Waals surface area contributed by atoms with Crippen LogP contribution in [0.1, 0.15) is 37.7 Å². The van der Waals surface area contributed by atoms with E-state index in [4.69, 9.17) is 0 Å². The number of hydrogen-bond acceptors (Lipinski definition) is 3. The fourth-order valence-corrected chi connectivity index (χ4v) is 3.62. The molecule has 4 nitrogen and oxygen atoms in total. The number of pyridine rings is 1. The van der Waals surface area contributed by atoms with E-state index in [1.807, 2.05) is 4.90 Å². The molecule has 7 heteroatoms. The van der Waals surface area contributed by atoms with Gasteiger partial charge in [-0.25, -0.2) is 4.98 Å². The summed E-state index contributed by atoms with van der Waals surface area (Å²) < 4.78 is 39.4. The second-order valence-electron chi connectivity index (χ2n) is 6.52. The number of carbonyl (C=O) groups is 1. The Labute approximate surface area is 139 Å². The molecule has 3 rings (SSSR count). The molecule has 1 aliphatic heterocycles. The van der Waals surface area contributed by atoms with Crippen LogP contribution < -0.4 is 4.90 Å². The van der Waals surface area contributed by atoms with Crippen molar-refractivity contribution >= 4 is 11.7 Å². The van der Waals surface area contributed by atoms with E-state index in [9.17, 15) is 18.0 Å². The molecule has 0 aromatic carbocycles. The maximum Gasteiger partial charge on any atom is 0.419 e. The van der Waals surface area contributed by atoms with Crippen LogP contribution >= 0.6 is 0 Å². The summed E-state index contributed by atoms with van der Waals surface area (Å²) in [6.07, 6.45) is 2.23. The number of halogens is 3. The van der Waals surface area contributed by atoms with Crippen LogP contribution in [0.4, 0.5) is 19.0 Å². The number of aromatic nitrogens is 1. The number of piperazine rings is 1. The zero-order chi connectivity index (χ0) is 17.2. The molecule has 2 heterocycles. The zero-order valence-electron chi connectivity index (χ0n) is 13.6. The lowest BCUT2D eigenvalue weighted by molar-refractivity contribution is -0.138. The molecule has 1 amide bonds. The van der Waals surface area contributed by atoms with E-state index in [-0.39, 0.29) is 17.6 Å². The third kappa shape index (κ3) is 3.65. The summed E-state index contributed by atoms with van der Waals surface area (Å²) in [5.74, 6) is 0.243. The standard InChI is InChI=1S/C17H22F3N3O/c18-17(19,20)14-7-4-8-21-15(14)22-9-11-23(12-10-22)16(24)13-5-2-1-3-6-13/h4,7-8,13H,1-3,5-6,9-12H2. The normalized spacial score (nSPS) is 20.3. The summed E-state index contributed by atoms with van der Waals surface area (Å²) >= 11 is 0. The Balaban J connectivity index is 1.64. The van der Waals surface area contributed by atoms with E-state index in [2.05, 4.69) is 4.98 Å². The van der Waals surface area contributed by atoms with Crippen molar-refractivity contribution in [2.75, 3.05) is 31.1 Å². The Morgan fingerprint density at radius 2 is 1.75 bits per heavy atom. The van der Waals surface area contributed by atoms with Crippen LogP contribution in [0.3, 0.4) is 0 Å². The van der Waals surface area contributed by atoms with Crippen LogP contribution in [-0.2, 0) is 11.0 Å². The lowest BCUT2D eigenvalue weighted by Crippen LogP contribution is -2.51. The monoisotopic (exact) mass is 341 g/mol. The number of carbonyl (C=O) groups excluding carboxylic acids is 1. The van der Waals surface area contributed by atoms with E-state index in [0.717, 1.165) is 31.7 Å². The fraction of sp³-hybridized carbons (Fsp3) is 0.647. The highest BCUT2D eigenvalue weighted by molar-refractivity contribution is 5.79. The van der Waals surface area contributed by atoms with Gasteiger partial charge in [-0.15, -0.1) is 0 Å². The molecule has 1 aromatic heterocycles. The first-order chi connectivity index (χ1) is 11.5. The first-order valence-corrected chi connectivity index (χ1v) is 8.53. The summed E-state index contributed by atoms with van der Waals surface area (Å²) in [6, 6.07) is 2.36. The molecule has 1 saturated heterocycles. The van der Waals surface area contributed by atoms with Crippen LogP contribution in [0.25, 0.3) is 0 Å². The molecule has 24 heavy (non-hydrogen) atoms. The SMILES string of the molecule is O=C(C1CCCCC1)N1CCN(c2ncccc2C(F)(F)F)CC1. The third-order valence-electron chi connectivity index (χ3n) is 4.94. The van der Waals surface area contributed by atoms with Crippen LogP contribution in [0, 0.1) is 5.92 Å². The topological polar surface area (TPSA) is 36.4 Å². The molecule has 0 atom stereocenters. The minimum absolute atomic E-state index is 0.0326. The van der Waals surface area contributed by atoms with Gasteiger partial charge >= 0.3 is 6.18 Å². The Hall–Kier alpha value is -1.79. The van der Waals surface area contributed by atoms with Crippen molar-refractivity contribution in [3.8, 4) is 0 Å².